The number of hydrogen-bond acceptors (Lipinski definition) is 1. The molecule has 18 heavy (non-hydrogen) atoms. The lowest BCUT2D eigenvalue weighted by atomic mass is 9.89. The Morgan fingerprint density at radius 2 is 1.83 bits per heavy atom. The summed E-state index contributed by atoms with van der Waals surface area (Å²) in [6.07, 6.45) is 11.9. The van der Waals surface area contributed by atoms with Crippen molar-refractivity contribution >= 4 is 6.03 Å². The standard InChI is InChI=1S/C15H26N2O/c18-15(17-14-4-2-1-3-5-14)16-10-13-9-11-6-7-12(13)8-11/h11-14H,1-10H2,(H2,16,17,18). The van der Waals surface area contributed by atoms with E-state index in [-0.39, 0.29) is 6.03 Å². The second-order valence-electron chi connectivity index (χ2n) is 6.62. The first-order valence-electron chi connectivity index (χ1n) is 7.85. The van der Waals surface area contributed by atoms with Crippen molar-refractivity contribution in [1.29, 1.82) is 0 Å². The molecule has 3 heteroatoms. The van der Waals surface area contributed by atoms with Gasteiger partial charge in [-0.1, -0.05) is 25.7 Å². The van der Waals surface area contributed by atoms with Crippen LogP contribution in [-0.2, 0) is 0 Å². The molecule has 0 aromatic rings. The van der Waals surface area contributed by atoms with Crippen molar-refractivity contribution in [3.05, 3.63) is 0 Å². The van der Waals surface area contributed by atoms with Crippen LogP contribution in [0.1, 0.15) is 57.8 Å². The van der Waals surface area contributed by atoms with Crippen LogP contribution in [0.2, 0.25) is 0 Å². The highest BCUT2D eigenvalue weighted by Gasteiger charge is 2.39. The molecule has 0 radical (unpaired) electrons. The van der Waals surface area contributed by atoms with E-state index in [9.17, 15) is 4.79 Å². The Hall–Kier alpha value is -0.730. The summed E-state index contributed by atoms with van der Waals surface area (Å²) in [5, 5.41) is 6.24. The van der Waals surface area contributed by atoms with Gasteiger partial charge in [0.2, 0.25) is 0 Å². The maximum atomic E-state index is 11.9. The zero-order valence-electron chi connectivity index (χ0n) is 11.3. The maximum absolute atomic E-state index is 11.9. The highest BCUT2D eigenvalue weighted by molar-refractivity contribution is 5.74. The van der Waals surface area contributed by atoms with E-state index in [4.69, 9.17) is 0 Å². The Kier molecular flexibility index (Phi) is 3.76. The smallest absolute Gasteiger partial charge is 0.315 e. The quantitative estimate of drug-likeness (QED) is 0.794. The summed E-state index contributed by atoms with van der Waals surface area (Å²) in [5.74, 6) is 2.65. The van der Waals surface area contributed by atoms with Crippen LogP contribution in [0.25, 0.3) is 0 Å². The van der Waals surface area contributed by atoms with Crippen LogP contribution < -0.4 is 10.6 Å². The summed E-state index contributed by atoms with van der Waals surface area (Å²) >= 11 is 0. The minimum atomic E-state index is 0.0738. The Morgan fingerprint density at radius 3 is 2.50 bits per heavy atom. The summed E-state index contributed by atoms with van der Waals surface area (Å²) in [7, 11) is 0. The van der Waals surface area contributed by atoms with Crippen molar-refractivity contribution in [1.82, 2.24) is 10.6 Å². The fourth-order valence-corrected chi connectivity index (χ4v) is 4.33. The third kappa shape index (κ3) is 2.81. The van der Waals surface area contributed by atoms with E-state index in [1.807, 2.05) is 0 Å². The van der Waals surface area contributed by atoms with Gasteiger partial charge in [-0.05, 0) is 49.9 Å². The lowest BCUT2D eigenvalue weighted by Gasteiger charge is -2.25. The van der Waals surface area contributed by atoms with Gasteiger partial charge in [0, 0.05) is 12.6 Å². The maximum Gasteiger partial charge on any atom is 0.315 e. The van der Waals surface area contributed by atoms with Gasteiger partial charge in [0.1, 0.15) is 0 Å². The Labute approximate surface area is 110 Å². The van der Waals surface area contributed by atoms with E-state index in [2.05, 4.69) is 10.6 Å². The van der Waals surface area contributed by atoms with Crippen LogP contribution in [0.15, 0.2) is 0 Å². The molecule has 3 nitrogen and oxygen atoms in total. The highest BCUT2D eigenvalue weighted by atomic mass is 16.2. The molecule has 3 saturated carbocycles. The summed E-state index contributed by atoms with van der Waals surface area (Å²) < 4.78 is 0. The van der Waals surface area contributed by atoms with Crippen LogP contribution >= 0.6 is 0 Å². The average molecular weight is 250 g/mol. The summed E-state index contributed by atoms with van der Waals surface area (Å²) in [6.45, 7) is 0.902. The number of carbonyl (C=O) groups excluding carboxylic acids is 1. The number of carbonyl (C=O) groups is 1. The predicted octanol–water partition coefficient (Wildman–Crippen LogP) is 3.05. The topological polar surface area (TPSA) is 41.1 Å². The fourth-order valence-electron chi connectivity index (χ4n) is 4.33. The first-order valence-corrected chi connectivity index (χ1v) is 7.85. The number of amides is 2. The van der Waals surface area contributed by atoms with Crippen molar-refractivity contribution in [2.45, 2.75) is 63.8 Å². The van der Waals surface area contributed by atoms with Gasteiger partial charge in [-0.2, -0.15) is 0 Å². The van der Waals surface area contributed by atoms with Gasteiger partial charge in [-0.25, -0.2) is 4.79 Å². The zero-order chi connectivity index (χ0) is 12.4. The molecule has 0 aromatic carbocycles. The summed E-state index contributed by atoms with van der Waals surface area (Å²) in [5.41, 5.74) is 0. The molecule has 0 saturated heterocycles. The van der Waals surface area contributed by atoms with E-state index in [0.29, 0.717) is 6.04 Å². The molecule has 0 spiro atoms. The molecule has 0 aliphatic heterocycles. The summed E-state index contributed by atoms with van der Waals surface area (Å²) in [4.78, 5) is 11.9. The number of rotatable bonds is 3. The number of hydrogen-bond donors (Lipinski definition) is 2. The van der Waals surface area contributed by atoms with Gasteiger partial charge in [-0.15, -0.1) is 0 Å². The molecular weight excluding hydrogens is 224 g/mol. The monoisotopic (exact) mass is 250 g/mol. The molecular formula is C15H26N2O. The van der Waals surface area contributed by atoms with E-state index in [1.54, 1.807) is 0 Å². The van der Waals surface area contributed by atoms with E-state index in [1.165, 1.54) is 57.8 Å². The molecule has 3 unspecified atom stereocenters. The Morgan fingerprint density at radius 1 is 1.00 bits per heavy atom. The minimum absolute atomic E-state index is 0.0738. The van der Waals surface area contributed by atoms with Gasteiger partial charge < -0.3 is 10.6 Å². The molecule has 102 valence electrons. The minimum Gasteiger partial charge on any atom is -0.338 e. The van der Waals surface area contributed by atoms with Crippen LogP contribution in [0.5, 0.6) is 0 Å². The van der Waals surface area contributed by atoms with Crippen LogP contribution in [0, 0.1) is 17.8 Å². The van der Waals surface area contributed by atoms with Gasteiger partial charge >= 0.3 is 6.03 Å². The third-order valence-corrected chi connectivity index (χ3v) is 5.35. The average Bonchev–Trinajstić information content (AvgIpc) is 3.00. The largest absolute Gasteiger partial charge is 0.338 e. The molecule has 0 heterocycles. The first-order chi connectivity index (χ1) is 8.81. The van der Waals surface area contributed by atoms with Crippen molar-refractivity contribution in [2.75, 3.05) is 6.54 Å². The van der Waals surface area contributed by atoms with Crippen molar-refractivity contribution in [2.24, 2.45) is 17.8 Å². The number of nitrogens with one attached hydrogen (secondary N) is 2. The van der Waals surface area contributed by atoms with Gasteiger partial charge in [-0.3, -0.25) is 0 Å². The highest BCUT2D eigenvalue weighted by Crippen LogP contribution is 2.47. The van der Waals surface area contributed by atoms with Crippen molar-refractivity contribution in [3.8, 4) is 0 Å². The lowest BCUT2D eigenvalue weighted by Crippen LogP contribution is -2.44. The predicted molar refractivity (Wildman–Crippen MR) is 72.3 cm³/mol. The molecule has 3 aliphatic carbocycles. The second-order valence-corrected chi connectivity index (χ2v) is 6.62. The molecule has 3 rings (SSSR count). The van der Waals surface area contributed by atoms with Crippen molar-refractivity contribution in [3.63, 3.8) is 0 Å². The second kappa shape index (κ2) is 5.50. The summed E-state index contributed by atoms with van der Waals surface area (Å²) in [6, 6.07) is 0.503. The Bertz CT molecular complexity index is 299. The normalized spacial score (nSPS) is 35.7. The molecule has 2 bridgehead atoms. The van der Waals surface area contributed by atoms with Gasteiger partial charge in [0.25, 0.3) is 0 Å². The molecule has 3 fully saturated rings. The first kappa shape index (κ1) is 12.3. The molecule has 3 aliphatic rings. The Balaban J connectivity index is 1.36. The van der Waals surface area contributed by atoms with E-state index < -0.39 is 0 Å². The SMILES string of the molecule is O=C(NCC1CC2CCC1C2)NC1CCCCC1. The van der Waals surface area contributed by atoms with E-state index in [0.717, 1.165) is 24.3 Å². The van der Waals surface area contributed by atoms with Gasteiger partial charge in [0.05, 0.1) is 0 Å². The molecule has 2 N–H and O–H groups in total. The zero-order valence-corrected chi connectivity index (χ0v) is 11.3. The van der Waals surface area contributed by atoms with Crippen LogP contribution in [0.3, 0.4) is 0 Å². The lowest BCUT2D eigenvalue weighted by molar-refractivity contribution is 0.227. The van der Waals surface area contributed by atoms with Crippen LogP contribution in [0.4, 0.5) is 4.79 Å². The third-order valence-electron chi connectivity index (χ3n) is 5.35. The number of fused-ring (bicyclic) bond motifs is 2. The molecule has 3 atom stereocenters. The number of urea groups is 1. The van der Waals surface area contributed by atoms with E-state index >= 15 is 0 Å². The molecule has 2 amide bonds. The van der Waals surface area contributed by atoms with Gasteiger partial charge in [0.15, 0.2) is 0 Å². The van der Waals surface area contributed by atoms with Crippen LogP contribution in [-0.4, -0.2) is 18.6 Å². The molecule has 0 aromatic heterocycles. The fraction of sp³-hybridized carbons (Fsp3) is 0.933. The van der Waals surface area contributed by atoms with Crippen molar-refractivity contribution < 1.29 is 4.79 Å².